The van der Waals surface area contributed by atoms with Crippen molar-refractivity contribution in [3.63, 3.8) is 0 Å². The predicted octanol–water partition coefficient (Wildman–Crippen LogP) is 3.64. The highest BCUT2D eigenvalue weighted by molar-refractivity contribution is 14.1. The first-order valence-electron chi connectivity index (χ1n) is 3.68. The summed E-state index contributed by atoms with van der Waals surface area (Å²) >= 11 is 2.46. The van der Waals surface area contributed by atoms with Gasteiger partial charge in [0.2, 0.25) is 0 Å². The van der Waals surface area contributed by atoms with Crippen LogP contribution in [0.4, 0.5) is 0 Å². The van der Waals surface area contributed by atoms with E-state index in [0.717, 1.165) is 0 Å². The summed E-state index contributed by atoms with van der Waals surface area (Å²) in [5, 5.41) is 0. The summed E-state index contributed by atoms with van der Waals surface area (Å²) in [5.41, 5.74) is 0. The zero-order valence-corrected chi connectivity index (χ0v) is 9.28. The van der Waals surface area contributed by atoms with Gasteiger partial charge in [-0.1, -0.05) is 48.8 Å². The molecule has 0 aromatic rings. The van der Waals surface area contributed by atoms with Crippen LogP contribution in [0, 0.1) is 0 Å². The maximum Gasteiger partial charge on any atom is 0.0170 e. The van der Waals surface area contributed by atoms with E-state index in [1.807, 2.05) is 0 Å². The molecule has 1 unspecified atom stereocenters. The normalized spacial score (nSPS) is 11.3. The third-order valence-corrected chi connectivity index (χ3v) is 3.82. The van der Waals surface area contributed by atoms with Crippen molar-refractivity contribution in [2.45, 2.75) is 32.6 Å². The van der Waals surface area contributed by atoms with Gasteiger partial charge in [0, 0.05) is 4.17 Å². The van der Waals surface area contributed by atoms with E-state index in [2.05, 4.69) is 29.5 Å². The Balaban J connectivity index is 2.60. The van der Waals surface area contributed by atoms with E-state index in [9.17, 15) is 0 Å². The molecule has 9 heavy (non-hydrogen) atoms. The molecule has 0 amide bonds. The molecule has 56 valence electrons. The summed E-state index contributed by atoms with van der Waals surface area (Å²) in [7, 11) is 1.21. The Morgan fingerprint density at radius 1 is 1.22 bits per heavy atom. The van der Waals surface area contributed by atoms with Crippen molar-refractivity contribution in [3.05, 3.63) is 0 Å². The Bertz CT molecular complexity index is 42.2. The highest BCUT2D eigenvalue weighted by Gasteiger charge is 1.85. The maximum atomic E-state index is 2.46. The number of unbranched alkanes of at least 4 members (excludes halogenated alkanes) is 3. The third kappa shape index (κ3) is 9.16. The van der Waals surface area contributed by atoms with Gasteiger partial charge in [-0.05, 0) is 12.6 Å². The predicted molar refractivity (Wildman–Crippen MR) is 56.2 cm³/mol. The second kappa shape index (κ2) is 9.16. The van der Waals surface area contributed by atoms with Crippen LogP contribution in [-0.2, 0) is 0 Å². The summed E-state index contributed by atoms with van der Waals surface area (Å²) in [6, 6.07) is 0. The molecular weight excluding hydrogens is 242 g/mol. The molecular formula is C7H16IP. The van der Waals surface area contributed by atoms with Crippen LogP contribution >= 0.6 is 31.2 Å². The van der Waals surface area contributed by atoms with E-state index in [4.69, 9.17) is 0 Å². The Labute approximate surface area is 74.1 Å². The largest absolute Gasteiger partial charge is 0.112 e. The monoisotopic (exact) mass is 258 g/mol. The lowest BCUT2D eigenvalue weighted by Gasteiger charge is -1.95. The summed E-state index contributed by atoms with van der Waals surface area (Å²) in [6.07, 6.45) is 7.21. The van der Waals surface area contributed by atoms with Crippen molar-refractivity contribution in [1.82, 2.24) is 0 Å². The molecule has 0 aliphatic carbocycles. The zero-order valence-electron chi connectivity index (χ0n) is 6.12. The summed E-state index contributed by atoms with van der Waals surface area (Å²) < 4.78 is 1.36. The molecule has 0 aromatic carbocycles. The number of hydrogen-bond donors (Lipinski definition) is 0. The minimum Gasteiger partial charge on any atom is -0.112 e. The van der Waals surface area contributed by atoms with Crippen LogP contribution in [0.15, 0.2) is 0 Å². The van der Waals surface area contributed by atoms with Gasteiger partial charge in [-0.15, -0.1) is 8.58 Å². The first-order valence-corrected chi connectivity index (χ1v) is 6.62. The SMILES string of the molecule is CCCCCCPCI. The van der Waals surface area contributed by atoms with Crippen molar-refractivity contribution in [3.8, 4) is 0 Å². The molecule has 2 heteroatoms. The van der Waals surface area contributed by atoms with Crippen LogP contribution in [-0.4, -0.2) is 10.3 Å². The lowest BCUT2D eigenvalue weighted by atomic mass is 10.2. The van der Waals surface area contributed by atoms with Gasteiger partial charge in [0.25, 0.3) is 0 Å². The lowest BCUT2D eigenvalue weighted by molar-refractivity contribution is 0.706. The number of hydrogen-bond acceptors (Lipinski definition) is 0. The minimum absolute atomic E-state index is 1.21. The fourth-order valence-corrected chi connectivity index (χ4v) is 2.52. The molecule has 0 N–H and O–H groups in total. The van der Waals surface area contributed by atoms with Crippen molar-refractivity contribution in [1.29, 1.82) is 0 Å². The number of alkyl halides is 1. The van der Waals surface area contributed by atoms with Crippen molar-refractivity contribution >= 4 is 31.2 Å². The van der Waals surface area contributed by atoms with Gasteiger partial charge in [0.1, 0.15) is 0 Å². The van der Waals surface area contributed by atoms with Crippen molar-refractivity contribution in [2.75, 3.05) is 10.3 Å². The van der Waals surface area contributed by atoms with Crippen LogP contribution in [0.5, 0.6) is 0 Å². The van der Waals surface area contributed by atoms with Gasteiger partial charge in [0.05, 0.1) is 0 Å². The Morgan fingerprint density at radius 2 is 2.00 bits per heavy atom. The molecule has 0 saturated heterocycles. The highest BCUT2D eigenvalue weighted by Crippen LogP contribution is 2.16. The van der Waals surface area contributed by atoms with Crippen LogP contribution < -0.4 is 0 Å². The first-order chi connectivity index (χ1) is 4.41. The molecule has 0 fully saturated rings. The first kappa shape index (κ1) is 10.2. The van der Waals surface area contributed by atoms with Crippen LogP contribution in [0.1, 0.15) is 32.6 Å². The van der Waals surface area contributed by atoms with Gasteiger partial charge >= 0.3 is 0 Å². The molecule has 0 nitrogen and oxygen atoms in total. The highest BCUT2D eigenvalue weighted by atomic mass is 127. The van der Waals surface area contributed by atoms with Gasteiger partial charge < -0.3 is 0 Å². The van der Waals surface area contributed by atoms with E-state index >= 15 is 0 Å². The van der Waals surface area contributed by atoms with Crippen molar-refractivity contribution in [2.24, 2.45) is 0 Å². The summed E-state index contributed by atoms with van der Waals surface area (Å²) in [6.45, 7) is 2.26. The standard InChI is InChI=1S/C7H16IP/c1-2-3-4-5-6-9-7-8/h9H,2-7H2,1H3. The average molecular weight is 258 g/mol. The van der Waals surface area contributed by atoms with Crippen LogP contribution in [0.25, 0.3) is 0 Å². The second-order valence-corrected chi connectivity index (χ2v) is 5.75. The third-order valence-electron chi connectivity index (χ3n) is 1.30. The van der Waals surface area contributed by atoms with Gasteiger partial charge in [0.15, 0.2) is 0 Å². The van der Waals surface area contributed by atoms with E-state index in [1.54, 1.807) is 0 Å². The molecule has 0 rings (SSSR count). The molecule has 0 aliphatic heterocycles. The van der Waals surface area contributed by atoms with E-state index in [-0.39, 0.29) is 0 Å². The fourth-order valence-electron chi connectivity index (χ4n) is 0.744. The molecule has 0 saturated carbocycles. The topological polar surface area (TPSA) is 0 Å². The van der Waals surface area contributed by atoms with E-state index in [1.165, 1.54) is 44.6 Å². The molecule has 0 bridgehead atoms. The van der Waals surface area contributed by atoms with Gasteiger partial charge in [-0.25, -0.2) is 0 Å². The molecule has 0 radical (unpaired) electrons. The van der Waals surface area contributed by atoms with Crippen LogP contribution in [0.2, 0.25) is 0 Å². The molecule has 0 spiro atoms. The smallest absolute Gasteiger partial charge is 0.0170 e. The van der Waals surface area contributed by atoms with Crippen molar-refractivity contribution < 1.29 is 0 Å². The fraction of sp³-hybridized carbons (Fsp3) is 1.00. The van der Waals surface area contributed by atoms with E-state index in [0.29, 0.717) is 0 Å². The summed E-state index contributed by atoms with van der Waals surface area (Å²) in [4.78, 5) is 0. The Morgan fingerprint density at radius 3 is 2.56 bits per heavy atom. The lowest BCUT2D eigenvalue weighted by Crippen LogP contribution is -1.77. The average Bonchev–Trinajstić information content (AvgIpc) is 1.89. The van der Waals surface area contributed by atoms with E-state index < -0.39 is 0 Å². The molecule has 0 aliphatic rings. The summed E-state index contributed by atoms with van der Waals surface area (Å²) in [5.74, 6) is 0. The molecule has 0 aromatic heterocycles. The molecule has 1 atom stereocenters. The van der Waals surface area contributed by atoms with Crippen LogP contribution in [0.3, 0.4) is 0 Å². The van der Waals surface area contributed by atoms with Gasteiger partial charge in [-0.3, -0.25) is 0 Å². The number of rotatable bonds is 6. The zero-order chi connectivity index (χ0) is 6.95. The Hall–Kier alpha value is 1.16. The minimum atomic E-state index is 1.21. The second-order valence-electron chi connectivity index (χ2n) is 2.19. The molecule has 0 heterocycles. The Kier molecular flexibility index (Phi) is 10.3. The van der Waals surface area contributed by atoms with Gasteiger partial charge in [-0.2, -0.15) is 0 Å². The maximum absolute atomic E-state index is 2.46. The quantitative estimate of drug-likeness (QED) is 0.295. The number of halogens is 1.